The molecule has 0 atom stereocenters. The van der Waals surface area contributed by atoms with Crippen LogP contribution in [0.4, 0.5) is 23.2 Å². The van der Waals surface area contributed by atoms with Crippen LogP contribution >= 0.6 is 11.6 Å². The van der Waals surface area contributed by atoms with E-state index in [4.69, 9.17) is 16.3 Å². The van der Waals surface area contributed by atoms with Crippen molar-refractivity contribution in [3.05, 3.63) is 93.8 Å². The van der Waals surface area contributed by atoms with Crippen LogP contribution in [0.15, 0.2) is 60.7 Å². The van der Waals surface area contributed by atoms with Crippen molar-refractivity contribution in [3.63, 3.8) is 0 Å². The minimum absolute atomic E-state index is 0.0882. The van der Waals surface area contributed by atoms with Crippen molar-refractivity contribution >= 4 is 34.8 Å². The average molecular weight is 448 g/mol. The van der Waals surface area contributed by atoms with Gasteiger partial charge in [0, 0.05) is 22.4 Å². The SMILES string of the molecule is O=C1Nc2cc(C(F)(F)F)ccc2/C1=C\c1cccc(OCc2c(F)cccc2Cl)c1. The van der Waals surface area contributed by atoms with Crippen LogP contribution in [0.5, 0.6) is 5.75 Å². The minimum Gasteiger partial charge on any atom is -0.489 e. The van der Waals surface area contributed by atoms with Gasteiger partial charge in [0.2, 0.25) is 0 Å². The van der Waals surface area contributed by atoms with Crippen molar-refractivity contribution in [2.45, 2.75) is 12.8 Å². The normalized spacial score (nSPS) is 14.5. The molecule has 4 rings (SSSR count). The lowest BCUT2D eigenvalue weighted by Crippen LogP contribution is -2.06. The minimum atomic E-state index is -4.50. The van der Waals surface area contributed by atoms with Gasteiger partial charge < -0.3 is 10.1 Å². The number of amides is 1. The van der Waals surface area contributed by atoms with E-state index in [-0.39, 0.29) is 28.5 Å². The Morgan fingerprint density at radius 2 is 1.81 bits per heavy atom. The van der Waals surface area contributed by atoms with Gasteiger partial charge in [0.05, 0.1) is 10.6 Å². The maximum absolute atomic E-state index is 13.9. The fourth-order valence-electron chi connectivity index (χ4n) is 3.20. The Balaban J connectivity index is 1.58. The molecule has 8 heteroatoms. The van der Waals surface area contributed by atoms with Gasteiger partial charge >= 0.3 is 6.18 Å². The summed E-state index contributed by atoms with van der Waals surface area (Å²) in [5.74, 6) is -0.568. The van der Waals surface area contributed by atoms with Gasteiger partial charge in [-0.1, -0.05) is 35.9 Å². The molecule has 0 unspecified atom stereocenters. The maximum atomic E-state index is 13.9. The van der Waals surface area contributed by atoms with Crippen molar-refractivity contribution in [2.75, 3.05) is 5.32 Å². The van der Waals surface area contributed by atoms with Gasteiger partial charge in [0.25, 0.3) is 5.91 Å². The van der Waals surface area contributed by atoms with Crippen LogP contribution in [0, 0.1) is 5.82 Å². The monoisotopic (exact) mass is 447 g/mol. The van der Waals surface area contributed by atoms with Gasteiger partial charge in [-0.05, 0) is 48.0 Å². The first-order valence-electron chi connectivity index (χ1n) is 9.13. The highest BCUT2D eigenvalue weighted by molar-refractivity contribution is 6.35. The summed E-state index contributed by atoms with van der Waals surface area (Å²) in [5.41, 5.74) is 0.690. The van der Waals surface area contributed by atoms with Crippen LogP contribution in [-0.4, -0.2) is 5.91 Å². The molecular weight excluding hydrogens is 434 g/mol. The van der Waals surface area contributed by atoms with Gasteiger partial charge in [0.15, 0.2) is 0 Å². The zero-order chi connectivity index (χ0) is 22.2. The lowest BCUT2D eigenvalue weighted by molar-refractivity contribution is -0.137. The van der Waals surface area contributed by atoms with Gasteiger partial charge in [-0.25, -0.2) is 4.39 Å². The predicted molar refractivity (Wildman–Crippen MR) is 110 cm³/mol. The number of carbonyl (C=O) groups is 1. The summed E-state index contributed by atoms with van der Waals surface area (Å²) < 4.78 is 58.3. The number of rotatable bonds is 4. The summed E-state index contributed by atoms with van der Waals surface area (Å²) in [4.78, 5) is 12.3. The molecular formula is C23H14ClF4NO2. The first kappa shape index (κ1) is 20.9. The first-order valence-corrected chi connectivity index (χ1v) is 9.50. The molecule has 3 aromatic carbocycles. The van der Waals surface area contributed by atoms with Gasteiger partial charge in [-0.2, -0.15) is 13.2 Å². The predicted octanol–water partition coefficient (Wildman–Crippen LogP) is 6.57. The molecule has 1 aliphatic heterocycles. The summed E-state index contributed by atoms with van der Waals surface area (Å²) in [6, 6.07) is 14.1. The molecule has 3 nitrogen and oxygen atoms in total. The lowest BCUT2D eigenvalue weighted by Gasteiger charge is -2.09. The number of hydrogen-bond donors (Lipinski definition) is 1. The van der Waals surface area contributed by atoms with Gasteiger partial charge in [-0.3, -0.25) is 4.79 Å². The molecule has 0 fully saturated rings. The summed E-state index contributed by atoms with van der Waals surface area (Å²) in [5, 5.41) is 2.71. The lowest BCUT2D eigenvalue weighted by atomic mass is 10.0. The number of nitrogens with one attached hydrogen (secondary N) is 1. The summed E-state index contributed by atoms with van der Waals surface area (Å²) in [6.45, 7) is -0.0882. The summed E-state index contributed by atoms with van der Waals surface area (Å²) in [7, 11) is 0. The third kappa shape index (κ3) is 4.41. The van der Waals surface area contributed by atoms with Crippen LogP contribution in [0.25, 0.3) is 11.6 Å². The number of carbonyl (C=O) groups excluding carboxylic acids is 1. The number of hydrogen-bond acceptors (Lipinski definition) is 2. The van der Waals surface area contributed by atoms with E-state index < -0.39 is 23.5 Å². The Hall–Kier alpha value is -3.32. The van der Waals surface area contributed by atoms with E-state index >= 15 is 0 Å². The van der Waals surface area contributed by atoms with E-state index in [1.807, 2.05) is 0 Å². The Labute approximate surface area is 179 Å². The largest absolute Gasteiger partial charge is 0.489 e. The van der Waals surface area contributed by atoms with E-state index in [0.29, 0.717) is 16.9 Å². The second kappa shape index (κ2) is 8.07. The molecule has 1 amide bonds. The quantitative estimate of drug-likeness (QED) is 0.363. The number of benzene rings is 3. The molecule has 3 aromatic rings. The fourth-order valence-corrected chi connectivity index (χ4v) is 3.42. The average Bonchev–Trinajstić information content (AvgIpc) is 3.02. The highest BCUT2D eigenvalue weighted by Gasteiger charge is 2.33. The number of ether oxygens (including phenoxy) is 1. The standard InChI is InChI=1S/C23H14ClF4NO2/c24-19-5-2-6-20(25)18(19)12-31-15-4-1-3-13(9-15)10-17-16-8-7-14(23(26,27)28)11-21(16)29-22(17)30/h1-11H,12H2,(H,29,30)/b17-10+. The number of halogens is 5. The molecule has 1 heterocycles. The molecule has 0 radical (unpaired) electrons. The Morgan fingerprint density at radius 3 is 2.55 bits per heavy atom. The van der Waals surface area contributed by atoms with E-state index in [2.05, 4.69) is 5.32 Å². The molecule has 0 bridgehead atoms. The number of alkyl halides is 3. The number of fused-ring (bicyclic) bond motifs is 1. The molecule has 0 aromatic heterocycles. The van der Waals surface area contributed by atoms with Gasteiger partial charge in [0.1, 0.15) is 18.2 Å². The Morgan fingerprint density at radius 1 is 1.03 bits per heavy atom. The third-order valence-electron chi connectivity index (χ3n) is 4.74. The van der Waals surface area contributed by atoms with E-state index in [1.165, 1.54) is 18.2 Å². The molecule has 158 valence electrons. The van der Waals surface area contributed by atoms with Crippen LogP contribution in [0.1, 0.15) is 22.3 Å². The van der Waals surface area contributed by atoms with Crippen LogP contribution in [0.2, 0.25) is 5.02 Å². The maximum Gasteiger partial charge on any atom is 0.416 e. The van der Waals surface area contributed by atoms with Crippen molar-refractivity contribution in [1.82, 2.24) is 0 Å². The van der Waals surface area contributed by atoms with Crippen LogP contribution < -0.4 is 10.1 Å². The highest BCUT2D eigenvalue weighted by Crippen LogP contribution is 2.38. The molecule has 0 aliphatic carbocycles. The summed E-state index contributed by atoms with van der Waals surface area (Å²) in [6.07, 6.45) is -2.95. The topological polar surface area (TPSA) is 38.3 Å². The van der Waals surface area contributed by atoms with Crippen molar-refractivity contribution < 1.29 is 27.1 Å². The molecule has 1 N–H and O–H groups in total. The zero-order valence-corrected chi connectivity index (χ0v) is 16.5. The molecule has 0 saturated carbocycles. The van der Waals surface area contributed by atoms with Crippen molar-refractivity contribution in [2.24, 2.45) is 0 Å². The summed E-state index contributed by atoms with van der Waals surface area (Å²) >= 11 is 6.00. The zero-order valence-electron chi connectivity index (χ0n) is 15.8. The Kier molecular flexibility index (Phi) is 5.45. The Bertz CT molecular complexity index is 1180. The fraction of sp³-hybridized carbons (Fsp3) is 0.0870. The van der Waals surface area contributed by atoms with E-state index in [9.17, 15) is 22.4 Å². The highest BCUT2D eigenvalue weighted by atomic mass is 35.5. The van der Waals surface area contributed by atoms with Crippen molar-refractivity contribution in [1.29, 1.82) is 0 Å². The molecule has 0 saturated heterocycles. The third-order valence-corrected chi connectivity index (χ3v) is 5.10. The smallest absolute Gasteiger partial charge is 0.416 e. The van der Waals surface area contributed by atoms with Crippen LogP contribution in [-0.2, 0) is 17.6 Å². The second-order valence-electron chi connectivity index (χ2n) is 6.83. The molecule has 31 heavy (non-hydrogen) atoms. The van der Waals surface area contributed by atoms with E-state index in [1.54, 1.807) is 36.4 Å². The first-order chi connectivity index (χ1) is 14.7. The van der Waals surface area contributed by atoms with Crippen LogP contribution in [0.3, 0.4) is 0 Å². The molecule has 1 aliphatic rings. The van der Waals surface area contributed by atoms with E-state index in [0.717, 1.165) is 12.1 Å². The van der Waals surface area contributed by atoms with Crippen molar-refractivity contribution in [3.8, 4) is 5.75 Å². The van der Waals surface area contributed by atoms with Gasteiger partial charge in [-0.15, -0.1) is 0 Å². The number of anilines is 1. The second-order valence-corrected chi connectivity index (χ2v) is 7.24. The molecule has 0 spiro atoms.